The number of carbonyl (C=O) groups is 1. The van der Waals surface area contributed by atoms with Crippen molar-refractivity contribution in [2.24, 2.45) is 0 Å². The average molecular weight is 345 g/mol. The van der Waals surface area contributed by atoms with E-state index in [1.807, 2.05) is 56.4 Å². The number of hydrogen-bond donors (Lipinski definition) is 1. The molecule has 4 rings (SSSR count). The molecule has 0 saturated heterocycles. The molecular formula is C20H19N5O. The predicted molar refractivity (Wildman–Crippen MR) is 100 cm³/mol. The highest BCUT2D eigenvalue weighted by molar-refractivity contribution is 5.94. The van der Waals surface area contributed by atoms with E-state index in [4.69, 9.17) is 0 Å². The van der Waals surface area contributed by atoms with E-state index < -0.39 is 0 Å². The van der Waals surface area contributed by atoms with Crippen LogP contribution in [0.15, 0.2) is 67.3 Å². The SMILES string of the molecule is CC(c1cc2ccccc2[nH]1)N(C)C(=O)c1ccc(-n2cnnc2)cc1. The Morgan fingerprint density at radius 3 is 2.46 bits per heavy atom. The normalized spacial score (nSPS) is 12.2. The molecule has 0 bridgehead atoms. The number of para-hydroxylation sites is 1. The highest BCUT2D eigenvalue weighted by Gasteiger charge is 2.20. The molecule has 0 radical (unpaired) electrons. The lowest BCUT2D eigenvalue weighted by molar-refractivity contribution is 0.0740. The van der Waals surface area contributed by atoms with Gasteiger partial charge in [0.2, 0.25) is 0 Å². The van der Waals surface area contributed by atoms with Gasteiger partial charge in [0.15, 0.2) is 0 Å². The topological polar surface area (TPSA) is 66.8 Å². The molecule has 1 unspecified atom stereocenters. The lowest BCUT2D eigenvalue weighted by Gasteiger charge is -2.24. The number of rotatable bonds is 4. The van der Waals surface area contributed by atoms with Crippen molar-refractivity contribution in [3.05, 3.63) is 78.5 Å². The van der Waals surface area contributed by atoms with E-state index in [2.05, 4.69) is 27.3 Å². The zero-order valence-corrected chi connectivity index (χ0v) is 14.6. The Hall–Kier alpha value is -3.41. The van der Waals surface area contributed by atoms with Gasteiger partial charge in [-0.3, -0.25) is 9.36 Å². The van der Waals surface area contributed by atoms with Crippen LogP contribution in [0.2, 0.25) is 0 Å². The summed E-state index contributed by atoms with van der Waals surface area (Å²) in [6, 6.07) is 17.6. The zero-order valence-electron chi connectivity index (χ0n) is 14.6. The van der Waals surface area contributed by atoms with E-state index in [9.17, 15) is 4.79 Å². The first-order valence-corrected chi connectivity index (χ1v) is 8.43. The smallest absolute Gasteiger partial charge is 0.254 e. The molecule has 2 aromatic carbocycles. The molecule has 6 nitrogen and oxygen atoms in total. The Morgan fingerprint density at radius 2 is 1.77 bits per heavy atom. The number of benzene rings is 2. The van der Waals surface area contributed by atoms with Crippen LogP contribution >= 0.6 is 0 Å². The molecule has 0 aliphatic carbocycles. The van der Waals surface area contributed by atoms with E-state index in [1.165, 1.54) is 0 Å². The maximum absolute atomic E-state index is 12.9. The fraction of sp³-hybridized carbons (Fsp3) is 0.150. The molecule has 0 aliphatic heterocycles. The highest BCUT2D eigenvalue weighted by Crippen LogP contribution is 2.24. The molecule has 26 heavy (non-hydrogen) atoms. The van der Waals surface area contributed by atoms with E-state index in [1.54, 1.807) is 22.1 Å². The van der Waals surface area contributed by atoms with Crippen LogP contribution in [0.5, 0.6) is 0 Å². The second kappa shape index (κ2) is 6.48. The number of aromatic nitrogens is 4. The minimum atomic E-state index is -0.0626. The van der Waals surface area contributed by atoms with Gasteiger partial charge in [-0.1, -0.05) is 18.2 Å². The number of fused-ring (bicyclic) bond motifs is 1. The molecule has 1 amide bonds. The summed E-state index contributed by atoms with van der Waals surface area (Å²) in [5, 5.41) is 8.73. The van der Waals surface area contributed by atoms with Crippen molar-refractivity contribution < 1.29 is 4.79 Å². The highest BCUT2D eigenvalue weighted by atomic mass is 16.2. The van der Waals surface area contributed by atoms with Crippen LogP contribution in [0.4, 0.5) is 0 Å². The first-order valence-electron chi connectivity index (χ1n) is 8.43. The number of amides is 1. The Kier molecular flexibility index (Phi) is 4.01. The van der Waals surface area contributed by atoms with Crippen molar-refractivity contribution in [2.45, 2.75) is 13.0 Å². The number of H-pyrrole nitrogens is 1. The largest absolute Gasteiger partial charge is 0.357 e. The molecule has 2 aromatic heterocycles. The van der Waals surface area contributed by atoms with Crippen molar-refractivity contribution in [1.29, 1.82) is 0 Å². The van der Waals surface area contributed by atoms with Crippen LogP contribution in [0.1, 0.15) is 29.0 Å². The minimum absolute atomic E-state index is 0.0218. The van der Waals surface area contributed by atoms with Gasteiger partial charge in [0.25, 0.3) is 5.91 Å². The van der Waals surface area contributed by atoms with Crippen LogP contribution in [-0.4, -0.2) is 37.6 Å². The molecule has 0 spiro atoms. The predicted octanol–water partition coefficient (Wildman–Crippen LogP) is 3.58. The molecule has 0 aliphatic rings. The molecule has 0 fully saturated rings. The summed E-state index contributed by atoms with van der Waals surface area (Å²) in [5.41, 5.74) is 3.65. The van der Waals surface area contributed by atoms with Crippen LogP contribution in [-0.2, 0) is 0 Å². The van der Waals surface area contributed by atoms with Gasteiger partial charge in [-0.15, -0.1) is 10.2 Å². The molecule has 130 valence electrons. The van der Waals surface area contributed by atoms with Gasteiger partial charge in [0.1, 0.15) is 12.7 Å². The summed E-state index contributed by atoms with van der Waals surface area (Å²) in [6.07, 6.45) is 3.25. The van der Waals surface area contributed by atoms with E-state index in [-0.39, 0.29) is 11.9 Å². The van der Waals surface area contributed by atoms with E-state index in [0.717, 1.165) is 22.3 Å². The van der Waals surface area contributed by atoms with Crippen LogP contribution < -0.4 is 0 Å². The van der Waals surface area contributed by atoms with Gasteiger partial charge in [0.05, 0.1) is 6.04 Å². The van der Waals surface area contributed by atoms with Gasteiger partial charge < -0.3 is 9.88 Å². The number of nitrogens with zero attached hydrogens (tertiary/aromatic N) is 4. The van der Waals surface area contributed by atoms with Crippen molar-refractivity contribution >= 4 is 16.8 Å². The molecule has 1 N–H and O–H groups in total. The van der Waals surface area contributed by atoms with Gasteiger partial charge in [-0.25, -0.2) is 0 Å². The molecule has 4 aromatic rings. The zero-order chi connectivity index (χ0) is 18.1. The summed E-state index contributed by atoms with van der Waals surface area (Å²) in [5.74, 6) is -0.0218. The summed E-state index contributed by atoms with van der Waals surface area (Å²) in [7, 11) is 1.83. The number of nitrogens with one attached hydrogen (secondary N) is 1. The number of hydrogen-bond acceptors (Lipinski definition) is 3. The van der Waals surface area contributed by atoms with Crippen LogP contribution in [0.25, 0.3) is 16.6 Å². The van der Waals surface area contributed by atoms with E-state index >= 15 is 0 Å². The lowest BCUT2D eigenvalue weighted by Crippen LogP contribution is -2.29. The standard InChI is InChI=1S/C20H19N5O/c1-14(19-11-16-5-3-4-6-18(16)23-19)24(2)20(26)15-7-9-17(10-8-15)25-12-21-22-13-25/h3-14,23H,1-2H3. The van der Waals surface area contributed by atoms with Gasteiger partial charge in [-0.2, -0.15) is 0 Å². The first-order chi connectivity index (χ1) is 12.6. The van der Waals surface area contributed by atoms with Gasteiger partial charge >= 0.3 is 0 Å². The lowest BCUT2D eigenvalue weighted by atomic mass is 10.1. The van der Waals surface area contributed by atoms with Gasteiger partial charge in [-0.05, 0) is 48.7 Å². The summed E-state index contributed by atoms with van der Waals surface area (Å²) in [6.45, 7) is 2.02. The number of aromatic amines is 1. The summed E-state index contributed by atoms with van der Waals surface area (Å²) < 4.78 is 1.80. The number of carbonyl (C=O) groups excluding carboxylic acids is 1. The minimum Gasteiger partial charge on any atom is -0.357 e. The summed E-state index contributed by atoms with van der Waals surface area (Å²) in [4.78, 5) is 18.0. The van der Waals surface area contributed by atoms with Crippen LogP contribution in [0, 0.1) is 0 Å². The second-order valence-corrected chi connectivity index (χ2v) is 6.32. The third-order valence-corrected chi connectivity index (χ3v) is 4.73. The van der Waals surface area contributed by atoms with Crippen molar-refractivity contribution in [3.8, 4) is 5.69 Å². The molecule has 6 heteroatoms. The molecule has 0 saturated carbocycles. The molecule has 1 atom stereocenters. The maximum Gasteiger partial charge on any atom is 0.254 e. The fourth-order valence-corrected chi connectivity index (χ4v) is 3.02. The van der Waals surface area contributed by atoms with Crippen molar-refractivity contribution in [1.82, 2.24) is 24.6 Å². The average Bonchev–Trinajstić information content (AvgIpc) is 3.36. The molecular weight excluding hydrogens is 326 g/mol. The Morgan fingerprint density at radius 1 is 1.08 bits per heavy atom. The Labute approximate surface area is 151 Å². The van der Waals surface area contributed by atoms with Crippen LogP contribution in [0.3, 0.4) is 0 Å². The third kappa shape index (κ3) is 2.86. The monoisotopic (exact) mass is 345 g/mol. The Balaban J connectivity index is 1.55. The van der Waals surface area contributed by atoms with Gasteiger partial charge in [0, 0.05) is 29.5 Å². The maximum atomic E-state index is 12.9. The second-order valence-electron chi connectivity index (χ2n) is 6.32. The van der Waals surface area contributed by atoms with Crippen molar-refractivity contribution in [2.75, 3.05) is 7.05 Å². The first kappa shape index (κ1) is 16.1. The van der Waals surface area contributed by atoms with Crippen molar-refractivity contribution in [3.63, 3.8) is 0 Å². The fourth-order valence-electron chi connectivity index (χ4n) is 3.02. The quantitative estimate of drug-likeness (QED) is 0.615. The van der Waals surface area contributed by atoms with E-state index in [0.29, 0.717) is 5.56 Å². The Bertz CT molecular complexity index is 1000. The summed E-state index contributed by atoms with van der Waals surface area (Å²) >= 11 is 0. The third-order valence-electron chi connectivity index (χ3n) is 4.73. The molecule has 2 heterocycles.